The summed E-state index contributed by atoms with van der Waals surface area (Å²) in [6, 6.07) is 4.49. The average Bonchev–Trinajstić information content (AvgIpc) is 2.76. The van der Waals surface area contributed by atoms with Crippen LogP contribution in [0, 0.1) is 0 Å². The molecule has 0 radical (unpaired) electrons. The number of hydrogen-bond donors (Lipinski definition) is 1. The molecule has 3 nitrogen and oxygen atoms in total. The topological polar surface area (TPSA) is 42.4 Å². The van der Waals surface area contributed by atoms with Crippen molar-refractivity contribution in [3.05, 3.63) is 24.2 Å². The Morgan fingerprint density at radius 3 is 3.14 bits per heavy atom. The fourth-order valence-electron chi connectivity index (χ4n) is 2.27. The molecule has 0 amide bonds. The summed E-state index contributed by atoms with van der Waals surface area (Å²) in [5.41, 5.74) is 6.09. The standard InChI is InChI=1S/C11H18N2O/c1-2-6-13-7-5-9(12)11(13)10-4-3-8-14-10/h3-4,8-9,11H,2,5-7,12H2,1H3/t9-,11-/m0/s1. The van der Waals surface area contributed by atoms with Gasteiger partial charge in [0.05, 0.1) is 12.3 Å². The maximum atomic E-state index is 6.09. The lowest BCUT2D eigenvalue weighted by Crippen LogP contribution is -2.31. The summed E-state index contributed by atoms with van der Waals surface area (Å²) in [7, 11) is 0. The lowest BCUT2D eigenvalue weighted by molar-refractivity contribution is 0.219. The second kappa shape index (κ2) is 4.15. The molecule has 1 fully saturated rings. The molecule has 0 saturated carbocycles. The van der Waals surface area contributed by atoms with Crippen molar-refractivity contribution in [1.82, 2.24) is 4.90 Å². The zero-order valence-corrected chi connectivity index (χ0v) is 8.65. The molecule has 2 N–H and O–H groups in total. The first kappa shape index (κ1) is 9.74. The molecule has 0 unspecified atom stereocenters. The zero-order valence-electron chi connectivity index (χ0n) is 8.65. The van der Waals surface area contributed by atoms with Gasteiger partial charge in [0, 0.05) is 12.6 Å². The van der Waals surface area contributed by atoms with Gasteiger partial charge < -0.3 is 10.2 Å². The monoisotopic (exact) mass is 194 g/mol. The van der Waals surface area contributed by atoms with E-state index in [0.29, 0.717) is 6.04 Å². The van der Waals surface area contributed by atoms with Crippen LogP contribution in [0.4, 0.5) is 0 Å². The van der Waals surface area contributed by atoms with Crippen LogP contribution in [0.5, 0.6) is 0 Å². The minimum absolute atomic E-state index is 0.229. The molecule has 0 spiro atoms. The Bertz CT molecular complexity index is 269. The molecule has 2 rings (SSSR count). The maximum Gasteiger partial charge on any atom is 0.122 e. The SMILES string of the molecule is CCCN1CC[C@H](N)[C@H]1c1ccco1. The van der Waals surface area contributed by atoms with E-state index >= 15 is 0 Å². The van der Waals surface area contributed by atoms with E-state index in [1.165, 1.54) is 6.42 Å². The normalized spacial score (nSPS) is 28.4. The minimum Gasteiger partial charge on any atom is -0.468 e. The zero-order chi connectivity index (χ0) is 9.97. The molecule has 1 saturated heterocycles. The molecular weight excluding hydrogens is 176 g/mol. The van der Waals surface area contributed by atoms with E-state index in [2.05, 4.69) is 11.8 Å². The number of hydrogen-bond acceptors (Lipinski definition) is 3. The third-order valence-electron chi connectivity index (χ3n) is 2.89. The van der Waals surface area contributed by atoms with Crippen molar-refractivity contribution in [3.63, 3.8) is 0 Å². The summed E-state index contributed by atoms with van der Waals surface area (Å²) in [5, 5.41) is 0. The van der Waals surface area contributed by atoms with Crippen molar-refractivity contribution in [2.75, 3.05) is 13.1 Å². The number of nitrogens with two attached hydrogens (primary N) is 1. The van der Waals surface area contributed by atoms with Gasteiger partial charge in [-0.1, -0.05) is 6.92 Å². The Balaban J connectivity index is 2.13. The van der Waals surface area contributed by atoms with Crippen LogP contribution >= 0.6 is 0 Å². The second-order valence-corrected chi connectivity index (χ2v) is 3.95. The van der Waals surface area contributed by atoms with Crippen LogP contribution in [0.3, 0.4) is 0 Å². The Morgan fingerprint density at radius 2 is 2.50 bits per heavy atom. The van der Waals surface area contributed by atoms with Crippen molar-refractivity contribution in [3.8, 4) is 0 Å². The largest absolute Gasteiger partial charge is 0.468 e. The fraction of sp³-hybridized carbons (Fsp3) is 0.636. The Hall–Kier alpha value is -0.800. The quantitative estimate of drug-likeness (QED) is 0.797. The molecule has 78 valence electrons. The Morgan fingerprint density at radius 1 is 1.64 bits per heavy atom. The molecule has 1 aliphatic heterocycles. The lowest BCUT2D eigenvalue weighted by Gasteiger charge is -2.24. The lowest BCUT2D eigenvalue weighted by atomic mass is 10.1. The maximum absolute atomic E-state index is 6.09. The van der Waals surface area contributed by atoms with Gasteiger partial charge in [-0.2, -0.15) is 0 Å². The van der Waals surface area contributed by atoms with E-state index in [1.807, 2.05) is 12.1 Å². The Kier molecular flexibility index (Phi) is 2.89. The summed E-state index contributed by atoms with van der Waals surface area (Å²) >= 11 is 0. The highest BCUT2D eigenvalue weighted by atomic mass is 16.3. The van der Waals surface area contributed by atoms with Crippen LogP contribution in [-0.2, 0) is 0 Å². The van der Waals surface area contributed by atoms with Crippen LogP contribution < -0.4 is 5.73 Å². The van der Waals surface area contributed by atoms with Crippen LogP contribution in [0.15, 0.2) is 22.8 Å². The van der Waals surface area contributed by atoms with Crippen LogP contribution in [0.25, 0.3) is 0 Å². The van der Waals surface area contributed by atoms with Gasteiger partial charge >= 0.3 is 0 Å². The summed E-state index contributed by atoms with van der Waals surface area (Å²) < 4.78 is 5.44. The summed E-state index contributed by atoms with van der Waals surface area (Å²) in [6.45, 7) is 4.41. The van der Waals surface area contributed by atoms with E-state index in [-0.39, 0.29) is 6.04 Å². The average molecular weight is 194 g/mol. The first-order valence-corrected chi connectivity index (χ1v) is 5.36. The Labute approximate surface area is 84.9 Å². The number of likely N-dealkylation sites (tertiary alicyclic amines) is 1. The van der Waals surface area contributed by atoms with E-state index in [1.54, 1.807) is 6.26 Å². The van der Waals surface area contributed by atoms with Crippen LogP contribution in [-0.4, -0.2) is 24.0 Å². The van der Waals surface area contributed by atoms with Crippen LogP contribution in [0.1, 0.15) is 31.6 Å². The molecule has 2 atom stereocenters. The van der Waals surface area contributed by atoms with Gasteiger partial charge in [-0.25, -0.2) is 0 Å². The third kappa shape index (κ3) is 1.70. The van der Waals surface area contributed by atoms with E-state index in [4.69, 9.17) is 10.2 Å². The van der Waals surface area contributed by atoms with Crippen molar-refractivity contribution in [1.29, 1.82) is 0 Å². The molecule has 14 heavy (non-hydrogen) atoms. The third-order valence-corrected chi connectivity index (χ3v) is 2.89. The molecule has 2 heterocycles. The summed E-state index contributed by atoms with van der Waals surface area (Å²) in [4.78, 5) is 2.42. The molecule has 1 aromatic heterocycles. The molecular formula is C11H18N2O. The number of furan rings is 1. The molecule has 0 aromatic carbocycles. The van der Waals surface area contributed by atoms with E-state index < -0.39 is 0 Å². The van der Waals surface area contributed by atoms with Gasteiger partial charge in [-0.15, -0.1) is 0 Å². The smallest absolute Gasteiger partial charge is 0.122 e. The van der Waals surface area contributed by atoms with E-state index in [9.17, 15) is 0 Å². The molecule has 0 aliphatic carbocycles. The molecule has 1 aliphatic rings. The van der Waals surface area contributed by atoms with Gasteiger partial charge in [0.15, 0.2) is 0 Å². The van der Waals surface area contributed by atoms with Gasteiger partial charge in [0.2, 0.25) is 0 Å². The number of nitrogens with zero attached hydrogens (tertiary/aromatic N) is 1. The second-order valence-electron chi connectivity index (χ2n) is 3.95. The predicted molar refractivity (Wildman–Crippen MR) is 55.9 cm³/mol. The number of rotatable bonds is 3. The van der Waals surface area contributed by atoms with Gasteiger partial charge in [0.1, 0.15) is 5.76 Å². The molecule has 1 aromatic rings. The highest BCUT2D eigenvalue weighted by Gasteiger charge is 2.33. The van der Waals surface area contributed by atoms with Crippen LogP contribution in [0.2, 0.25) is 0 Å². The van der Waals surface area contributed by atoms with Crippen molar-refractivity contribution < 1.29 is 4.42 Å². The summed E-state index contributed by atoms with van der Waals surface area (Å²) in [6.07, 6.45) is 3.97. The summed E-state index contributed by atoms with van der Waals surface area (Å²) in [5.74, 6) is 1.02. The minimum atomic E-state index is 0.229. The molecule has 0 bridgehead atoms. The first-order valence-electron chi connectivity index (χ1n) is 5.36. The molecule has 3 heteroatoms. The predicted octanol–water partition coefficient (Wildman–Crippen LogP) is 1.76. The van der Waals surface area contributed by atoms with Crippen molar-refractivity contribution >= 4 is 0 Å². The van der Waals surface area contributed by atoms with Crippen molar-refractivity contribution in [2.24, 2.45) is 5.73 Å². The van der Waals surface area contributed by atoms with Gasteiger partial charge in [-0.3, -0.25) is 4.90 Å². The highest BCUT2D eigenvalue weighted by molar-refractivity contribution is 5.10. The van der Waals surface area contributed by atoms with Gasteiger partial charge in [0.25, 0.3) is 0 Å². The highest BCUT2D eigenvalue weighted by Crippen LogP contribution is 2.31. The van der Waals surface area contributed by atoms with Gasteiger partial charge in [-0.05, 0) is 31.5 Å². The first-order chi connectivity index (χ1) is 6.83. The van der Waals surface area contributed by atoms with Crippen molar-refractivity contribution in [2.45, 2.75) is 31.8 Å². The fourth-order valence-corrected chi connectivity index (χ4v) is 2.27. The van der Waals surface area contributed by atoms with E-state index in [0.717, 1.165) is 25.3 Å².